The van der Waals surface area contributed by atoms with Gasteiger partial charge in [0.1, 0.15) is 0 Å². The standard InChI is InChI=1S/C14H20N2OS/c1-4-17-9-10(2)16-11(3)12-7-14-13(15-8-12)5-6-18-14/h5-8,10-11,16H,4,9H2,1-3H3. The number of hydrogen-bond donors (Lipinski definition) is 1. The van der Waals surface area contributed by atoms with Crippen molar-refractivity contribution in [2.24, 2.45) is 0 Å². The summed E-state index contributed by atoms with van der Waals surface area (Å²) in [7, 11) is 0. The van der Waals surface area contributed by atoms with Crippen LogP contribution in [0.2, 0.25) is 0 Å². The predicted octanol–water partition coefficient (Wildman–Crippen LogP) is 3.37. The van der Waals surface area contributed by atoms with Crippen LogP contribution in [-0.2, 0) is 4.74 Å². The summed E-state index contributed by atoms with van der Waals surface area (Å²) >= 11 is 1.74. The maximum Gasteiger partial charge on any atom is 0.0809 e. The zero-order valence-corrected chi connectivity index (χ0v) is 12.0. The van der Waals surface area contributed by atoms with Gasteiger partial charge in [0.05, 0.1) is 16.8 Å². The number of rotatable bonds is 6. The molecule has 0 aliphatic carbocycles. The molecule has 2 unspecified atom stereocenters. The van der Waals surface area contributed by atoms with Crippen molar-refractivity contribution in [3.05, 3.63) is 29.3 Å². The van der Waals surface area contributed by atoms with Crippen molar-refractivity contribution in [3.63, 3.8) is 0 Å². The molecule has 0 aliphatic rings. The second-order valence-corrected chi connectivity index (χ2v) is 5.47. The molecule has 18 heavy (non-hydrogen) atoms. The highest BCUT2D eigenvalue weighted by molar-refractivity contribution is 7.17. The van der Waals surface area contributed by atoms with Gasteiger partial charge in [-0.05, 0) is 43.8 Å². The molecule has 0 bridgehead atoms. The van der Waals surface area contributed by atoms with Crippen LogP contribution in [-0.4, -0.2) is 24.2 Å². The third kappa shape index (κ3) is 3.28. The van der Waals surface area contributed by atoms with Gasteiger partial charge in [-0.1, -0.05) is 0 Å². The SMILES string of the molecule is CCOCC(C)NC(C)c1cnc2ccsc2c1. The Labute approximate surface area is 112 Å². The van der Waals surface area contributed by atoms with E-state index in [9.17, 15) is 0 Å². The van der Waals surface area contributed by atoms with E-state index in [1.807, 2.05) is 13.1 Å². The Morgan fingerprint density at radius 3 is 3.06 bits per heavy atom. The molecular weight excluding hydrogens is 244 g/mol. The van der Waals surface area contributed by atoms with Crippen LogP contribution in [0.1, 0.15) is 32.4 Å². The fourth-order valence-electron chi connectivity index (χ4n) is 1.96. The first-order valence-corrected chi connectivity index (χ1v) is 7.25. The summed E-state index contributed by atoms with van der Waals surface area (Å²) in [4.78, 5) is 4.47. The minimum atomic E-state index is 0.291. The summed E-state index contributed by atoms with van der Waals surface area (Å²) < 4.78 is 6.66. The molecule has 98 valence electrons. The van der Waals surface area contributed by atoms with Crippen molar-refractivity contribution < 1.29 is 4.74 Å². The zero-order valence-electron chi connectivity index (χ0n) is 11.1. The maximum absolute atomic E-state index is 5.41. The van der Waals surface area contributed by atoms with Crippen molar-refractivity contribution in [2.75, 3.05) is 13.2 Å². The molecule has 0 spiro atoms. The molecule has 0 amide bonds. The molecular formula is C14H20N2OS. The highest BCUT2D eigenvalue weighted by Crippen LogP contribution is 2.22. The molecule has 0 fully saturated rings. The molecule has 2 aromatic heterocycles. The normalized spacial score (nSPS) is 14.8. The molecule has 4 heteroatoms. The second-order valence-electron chi connectivity index (χ2n) is 4.52. The molecule has 3 nitrogen and oxygen atoms in total. The third-order valence-corrected chi connectivity index (χ3v) is 3.78. The van der Waals surface area contributed by atoms with Gasteiger partial charge in [0.2, 0.25) is 0 Å². The first kappa shape index (κ1) is 13.5. The van der Waals surface area contributed by atoms with Gasteiger partial charge in [0, 0.05) is 24.9 Å². The van der Waals surface area contributed by atoms with Crippen molar-refractivity contribution in [1.29, 1.82) is 0 Å². The van der Waals surface area contributed by atoms with Crippen LogP contribution in [0.3, 0.4) is 0 Å². The summed E-state index contributed by atoms with van der Waals surface area (Å²) in [5.74, 6) is 0. The first-order valence-electron chi connectivity index (χ1n) is 6.37. The van der Waals surface area contributed by atoms with E-state index in [0.717, 1.165) is 18.7 Å². The van der Waals surface area contributed by atoms with Crippen LogP contribution in [0.5, 0.6) is 0 Å². The van der Waals surface area contributed by atoms with Gasteiger partial charge in [-0.2, -0.15) is 0 Å². The van der Waals surface area contributed by atoms with Crippen LogP contribution in [0.15, 0.2) is 23.7 Å². The van der Waals surface area contributed by atoms with E-state index in [0.29, 0.717) is 12.1 Å². The number of nitrogens with one attached hydrogen (secondary N) is 1. The van der Waals surface area contributed by atoms with Gasteiger partial charge in [0.25, 0.3) is 0 Å². The van der Waals surface area contributed by atoms with Crippen LogP contribution in [0.25, 0.3) is 10.2 Å². The summed E-state index contributed by atoms with van der Waals surface area (Å²) in [6.07, 6.45) is 1.96. The average Bonchev–Trinajstić information content (AvgIpc) is 2.83. The van der Waals surface area contributed by atoms with Gasteiger partial charge in [0.15, 0.2) is 0 Å². The lowest BCUT2D eigenvalue weighted by molar-refractivity contribution is 0.124. The highest BCUT2D eigenvalue weighted by Gasteiger charge is 2.10. The molecule has 0 aliphatic heterocycles. The van der Waals surface area contributed by atoms with Crippen molar-refractivity contribution in [2.45, 2.75) is 32.9 Å². The number of aromatic nitrogens is 1. The number of hydrogen-bond acceptors (Lipinski definition) is 4. The van der Waals surface area contributed by atoms with Crippen molar-refractivity contribution in [1.82, 2.24) is 10.3 Å². The van der Waals surface area contributed by atoms with Gasteiger partial charge in [-0.15, -0.1) is 11.3 Å². The van der Waals surface area contributed by atoms with Crippen LogP contribution < -0.4 is 5.32 Å². The van der Waals surface area contributed by atoms with Gasteiger partial charge in [-0.3, -0.25) is 4.98 Å². The predicted molar refractivity (Wildman–Crippen MR) is 77.1 cm³/mol. The quantitative estimate of drug-likeness (QED) is 0.868. The molecule has 2 aromatic rings. The van der Waals surface area contributed by atoms with E-state index in [1.165, 1.54) is 10.3 Å². The average molecular weight is 264 g/mol. The summed E-state index contributed by atoms with van der Waals surface area (Å²) in [5.41, 5.74) is 2.31. The third-order valence-electron chi connectivity index (χ3n) is 2.93. The maximum atomic E-state index is 5.41. The van der Waals surface area contributed by atoms with Gasteiger partial charge < -0.3 is 10.1 Å². The number of ether oxygens (including phenoxy) is 1. The Kier molecular flexibility index (Phi) is 4.69. The second kappa shape index (κ2) is 6.27. The topological polar surface area (TPSA) is 34.1 Å². The monoisotopic (exact) mass is 264 g/mol. The van der Waals surface area contributed by atoms with E-state index in [-0.39, 0.29) is 0 Å². The zero-order chi connectivity index (χ0) is 13.0. The minimum absolute atomic E-state index is 0.291. The molecule has 0 saturated carbocycles. The fraction of sp³-hybridized carbons (Fsp3) is 0.500. The molecule has 2 heterocycles. The van der Waals surface area contributed by atoms with E-state index in [4.69, 9.17) is 4.74 Å². The lowest BCUT2D eigenvalue weighted by Crippen LogP contribution is -2.32. The Morgan fingerprint density at radius 1 is 1.44 bits per heavy atom. The molecule has 0 aromatic carbocycles. The molecule has 0 radical (unpaired) electrons. The first-order chi connectivity index (χ1) is 8.70. The Bertz CT molecular complexity index is 497. The summed E-state index contributed by atoms with van der Waals surface area (Å²) in [6, 6.07) is 4.91. The summed E-state index contributed by atoms with van der Waals surface area (Å²) in [5, 5.41) is 5.61. The van der Waals surface area contributed by atoms with Gasteiger partial charge >= 0.3 is 0 Å². The Morgan fingerprint density at radius 2 is 2.28 bits per heavy atom. The van der Waals surface area contributed by atoms with E-state index in [1.54, 1.807) is 11.3 Å². The van der Waals surface area contributed by atoms with Crippen molar-refractivity contribution in [3.8, 4) is 0 Å². The number of nitrogens with zero attached hydrogens (tertiary/aromatic N) is 1. The smallest absolute Gasteiger partial charge is 0.0809 e. The molecule has 2 rings (SSSR count). The van der Waals surface area contributed by atoms with E-state index < -0.39 is 0 Å². The van der Waals surface area contributed by atoms with E-state index >= 15 is 0 Å². The summed E-state index contributed by atoms with van der Waals surface area (Å²) in [6.45, 7) is 7.84. The lowest BCUT2D eigenvalue weighted by Gasteiger charge is -2.20. The minimum Gasteiger partial charge on any atom is -0.380 e. The fourth-order valence-corrected chi connectivity index (χ4v) is 2.75. The van der Waals surface area contributed by atoms with Crippen LogP contribution in [0.4, 0.5) is 0 Å². The Balaban J connectivity index is 2.01. The van der Waals surface area contributed by atoms with Gasteiger partial charge in [-0.25, -0.2) is 0 Å². The highest BCUT2D eigenvalue weighted by atomic mass is 32.1. The van der Waals surface area contributed by atoms with E-state index in [2.05, 4.69) is 41.7 Å². The number of fused-ring (bicyclic) bond motifs is 1. The molecule has 1 N–H and O–H groups in total. The molecule has 0 saturated heterocycles. The largest absolute Gasteiger partial charge is 0.380 e. The van der Waals surface area contributed by atoms with Crippen molar-refractivity contribution >= 4 is 21.6 Å². The Hall–Kier alpha value is -0.970. The van der Waals surface area contributed by atoms with Crippen LogP contribution >= 0.6 is 11.3 Å². The lowest BCUT2D eigenvalue weighted by atomic mass is 10.1. The van der Waals surface area contributed by atoms with Crippen LogP contribution in [0, 0.1) is 0 Å². The number of pyridine rings is 1. The number of thiophene rings is 1. The molecule has 2 atom stereocenters.